The Kier molecular flexibility index (Phi) is 6.34. The molecule has 112 valence electrons. The summed E-state index contributed by atoms with van der Waals surface area (Å²) in [7, 11) is 0. The van der Waals surface area contributed by atoms with E-state index in [9.17, 15) is 0 Å². The third-order valence-electron chi connectivity index (χ3n) is 3.69. The lowest BCUT2D eigenvalue weighted by atomic mass is 10.1. The van der Waals surface area contributed by atoms with Crippen LogP contribution >= 0.6 is 0 Å². The summed E-state index contributed by atoms with van der Waals surface area (Å²) in [5.74, 6) is 0.938. The smallest absolute Gasteiger partial charge is 0.119 e. The Balaban J connectivity index is 1.79. The Hall–Kier alpha value is -1.06. The van der Waals surface area contributed by atoms with E-state index < -0.39 is 0 Å². The minimum Gasteiger partial charge on any atom is -0.494 e. The summed E-state index contributed by atoms with van der Waals surface area (Å²) in [5.41, 5.74) is 1.17. The molecule has 0 N–H and O–H groups in total. The molecule has 1 heterocycles. The zero-order valence-corrected chi connectivity index (χ0v) is 12.6. The molecule has 0 spiro atoms. The van der Waals surface area contributed by atoms with Crippen LogP contribution in [0.25, 0.3) is 0 Å². The highest BCUT2D eigenvalue weighted by atomic mass is 16.6. The van der Waals surface area contributed by atoms with Gasteiger partial charge in [-0.25, -0.2) is 0 Å². The van der Waals surface area contributed by atoms with Gasteiger partial charge in [0.1, 0.15) is 11.9 Å². The van der Waals surface area contributed by atoms with Gasteiger partial charge in [0.2, 0.25) is 0 Å². The summed E-state index contributed by atoms with van der Waals surface area (Å²) in [6, 6.07) is 8.21. The van der Waals surface area contributed by atoms with Crippen molar-refractivity contribution >= 4 is 0 Å². The topological polar surface area (TPSA) is 27.7 Å². The maximum atomic E-state index is 5.85. The van der Waals surface area contributed by atoms with Crippen molar-refractivity contribution < 1.29 is 14.2 Å². The van der Waals surface area contributed by atoms with E-state index in [1.165, 1.54) is 18.4 Å². The van der Waals surface area contributed by atoms with Crippen molar-refractivity contribution in [2.75, 3.05) is 19.8 Å². The molecule has 2 atom stereocenters. The van der Waals surface area contributed by atoms with Crippen molar-refractivity contribution in [3.63, 3.8) is 0 Å². The minimum atomic E-state index is 0.0620. The van der Waals surface area contributed by atoms with Gasteiger partial charge in [0.05, 0.1) is 25.9 Å². The summed E-state index contributed by atoms with van der Waals surface area (Å²) in [4.78, 5) is 0. The molecule has 3 nitrogen and oxygen atoms in total. The van der Waals surface area contributed by atoms with E-state index in [1.807, 2.05) is 12.1 Å². The van der Waals surface area contributed by atoms with Crippen molar-refractivity contribution in [2.24, 2.45) is 0 Å². The minimum absolute atomic E-state index is 0.0620. The number of rotatable bonds is 7. The summed E-state index contributed by atoms with van der Waals surface area (Å²) < 4.78 is 17.3. The highest BCUT2D eigenvalue weighted by molar-refractivity contribution is 5.28. The summed E-state index contributed by atoms with van der Waals surface area (Å²) >= 11 is 0. The van der Waals surface area contributed by atoms with Crippen LogP contribution in [0.3, 0.4) is 0 Å². The molecule has 20 heavy (non-hydrogen) atoms. The van der Waals surface area contributed by atoms with E-state index in [1.54, 1.807) is 0 Å². The van der Waals surface area contributed by atoms with Crippen molar-refractivity contribution in [1.82, 2.24) is 0 Å². The van der Waals surface area contributed by atoms with Gasteiger partial charge in [-0.2, -0.15) is 0 Å². The molecular formula is C17H26O3. The number of hydrogen-bond acceptors (Lipinski definition) is 3. The molecule has 2 rings (SSSR count). The SMILES string of the molecule is CCCCCOc1ccc(C2COC(CC)CO2)cc1. The average Bonchev–Trinajstić information content (AvgIpc) is 2.52. The fourth-order valence-electron chi connectivity index (χ4n) is 2.29. The van der Waals surface area contributed by atoms with Gasteiger partial charge in [-0.1, -0.05) is 38.8 Å². The molecule has 0 saturated carbocycles. The van der Waals surface area contributed by atoms with Gasteiger partial charge in [-0.05, 0) is 30.5 Å². The first kappa shape index (κ1) is 15.3. The Bertz CT molecular complexity index is 366. The molecule has 0 bridgehead atoms. The van der Waals surface area contributed by atoms with Crippen LogP contribution in [-0.4, -0.2) is 25.9 Å². The molecule has 0 aromatic heterocycles. The van der Waals surface area contributed by atoms with Crippen LogP contribution in [0.1, 0.15) is 51.2 Å². The first-order valence-corrected chi connectivity index (χ1v) is 7.79. The van der Waals surface area contributed by atoms with Crippen LogP contribution in [0.15, 0.2) is 24.3 Å². The van der Waals surface area contributed by atoms with Crippen LogP contribution < -0.4 is 4.74 Å². The molecule has 2 unspecified atom stereocenters. The number of hydrogen-bond donors (Lipinski definition) is 0. The van der Waals surface area contributed by atoms with E-state index in [-0.39, 0.29) is 12.2 Å². The quantitative estimate of drug-likeness (QED) is 0.702. The van der Waals surface area contributed by atoms with Crippen molar-refractivity contribution in [3.8, 4) is 5.75 Å². The largest absolute Gasteiger partial charge is 0.494 e. The van der Waals surface area contributed by atoms with Crippen molar-refractivity contribution in [1.29, 1.82) is 0 Å². The highest BCUT2D eigenvalue weighted by Gasteiger charge is 2.22. The molecule has 1 aliphatic heterocycles. The van der Waals surface area contributed by atoms with Crippen LogP contribution in [0.4, 0.5) is 0 Å². The molecule has 0 aliphatic carbocycles. The lowest BCUT2D eigenvalue weighted by Gasteiger charge is -2.29. The van der Waals surface area contributed by atoms with Gasteiger partial charge in [-0.3, -0.25) is 0 Å². The van der Waals surface area contributed by atoms with Gasteiger partial charge >= 0.3 is 0 Å². The Morgan fingerprint density at radius 2 is 1.85 bits per heavy atom. The second-order valence-corrected chi connectivity index (χ2v) is 5.31. The second kappa shape index (κ2) is 8.28. The lowest BCUT2D eigenvalue weighted by molar-refractivity contribution is -0.135. The molecule has 0 amide bonds. The summed E-state index contributed by atoms with van der Waals surface area (Å²) in [5, 5.41) is 0. The number of benzene rings is 1. The standard InChI is InChI=1S/C17H26O3/c1-3-5-6-11-18-16-9-7-14(8-10-16)17-13-19-15(4-2)12-20-17/h7-10,15,17H,3-6,11-13H2,1-2H3. The predicted molar refractivity (Wildman–Crippen MR) is 80.2 cm³/mol. The Morgan fingerprint density at radius 1 is 1.05 bits per heavy atom. The van der Waals surface area contributed by atoms with Crippen molar-refractivity contribution in [3.05, 3.63) is 29.8 Å². The molecule has 1 aliphatic rings. The first-order chi connectivity index (χ1) is 9.83. The van der Waals surface area contributed by atoms with Crippen LogP contribution in [0.5, 0.6) is 5.75 Å². The average molecular weight is 278 g/mol. The van der Waals surface area contributed by atoms with E-state index in [0.29, 0.717) is 13.2 Å². The highest BCUT2D eigenvalue weighted by Crippen LogP contribution is 2.25. The fraction of sp³-hybridized carbons (Fsp3) is 0.647. The fourth-order valence-corrected chi connectivity index (χ4v) is 2.29. The Labute approximate surface area is 122 Å². The Morgan fingerprint density at radius 3 is 2.45 bits per heavy atom. The van der Waals surface area contributed by atoms with E-state index in [2.05, 4.69) is 26.0 Å². The maximum absolute atomic E-state index is 5.85. The second-order valence-electron chi connectivity index (χ2n) is 5.31. The first-order valence-electron chi connectivity index (χ1n) is 7.79. The lowest BCUT2D eigenvalue weighted by Crippen LogP contribution is -2.30. The van der Waals surface area contributed by atoms with Crippen LogP contribution in [0.2, 0.25) is 0 Å². The van der Waals surface area contributed by atoms with E-state index in [4.69, 9.17) is 14.2 Å². The molecule has 1 fully saturated rings. The molecule has 3 heteroatoms. The van der Waals surface area contributed by atoms with Crippen LogP contribution in [0, 0.1) is 0 Å². The van der Waals surface area contributed by atoms with Crippen LogP contribution in [-0.2, 0) is 9.47 Å². The summed E-state index contributed by atoms with van der Waals surface area (Å²) in [6.07, 6.45) is 4.90. The third kappa shape index (κ3) is 4.50. The zero-order valence-electron chi connectivity index (χ0n) is 12.6. The monoisotopic (exact) mass is 278 g/mol. The van der Waals surface area contributed by atoms with Gasteiger partial charge in [0, 0.05) is 0 Å². The normalized spacial score (nSPS) is 22.7. The number of unbranched alkanes of at least 4 members (excludes halogenated alkanes) is 2. The molecule has 0 radical (unpaired) electrons. The van der Waals surface area contributed by atoms with Crippen molar-refractivity contribution in [2.45, 2.75) is 51.7 Å². The maximum Gasteiger partial charge on any atom is 0.119 e. The van der Waals surface area contributed by atoms with Gasteiger partial charge in [-0.15, -0.1) is 0 Å². The molecule has 1 saturated heterocycles. The zero-order chi connectivity index (χ0) is 14.2. The van der Waals surface area contributed by atoms with Gasteiger partial charge in [0.15, 0.2) is 0 Å². The van der Waals surface area contributed by atoms with E-state index in [0.717, 1.165) is 25.2 Å². The molecule has 1 aromatic carbocycles. The predicted octanol–water partition coefficient (Wildman–Crippen LogP) is 4.12. The summed E-state index contributed by atoms with van der Waals surface area (Å²) in [6.45, 7) is 6.46. The number of ether oxygens (including phenoxy) is 3. The molecule has 1 aromatic rings. The molecular weight excluding hydrogens is 252 g/mol. The third-order valence-corrected chi connectivity index (χ3v) is 3.69. The van der Waals surface area contributed by atoms with Gasteiger partial charge < -0.3 is 14.2 Å². The van der Waals surface area contributed by atoms with Gasteiger partial charge in [0.25, 0.3) is 0 Å². The van der Waals surface area contributed by atoms with E-state index >= 15 is 0 Å².